The Morgan fingerprint density at radius 3 is 2.43 bits per heavy atom. The maximum Gasteiger partial charge on any atom is 0.189 e. The Hall–Kier alpha value is -3.51. The standard InChI is InChI=1S/C29H32N2O4/c1-19-15-21(16-20(2)27(19)35-29(3,4)18-32)9-10-26(34)24-17-22-7-5-6-8-25(22)30-28(24)31-13-11-23(33)12-14-31/h5-10,15-18,23,33H,11-14H2,1-4H3/b10-9+. The van der Waals surface area contributed by atoms with Crippen LogP contribution in [0, 0.1) is 13.8 Å². The van der Waals surface area contributed by atoms with E-state index in [1.165, 1.54) is 0 Å². The van der Waals surface area contributed by atoms with E-state index >= 15 is 0 Å². The zero-order valence-corrected chi connectivity index (χ0v) is 20.7. The third kappa shape index (κ3) is 5.60. The number of aldehydes is 1. The highest BCUT2D eigenvalue weighted by Gasteiger charge is 2.23. The van der Waals surface area contributed by atoms with Crippen LogP contribution < -0.4 is 9.64 Å². The fourth-order valence-electron chi connectivity index (χ4n) is 4.40. The Morgan fingerprint density at radius 1 is 1.11 bits per heavy atom. The topological polar surface area (TPSA) is 79.7 Å². The molecule has 0 bridgehead atoms. The van der Waals surface area contributed by atoms with Crippen molar-refractivity contribution in [3.05, 3.63) is 70.8 Å². The van der Waals surface area contributed by atoms with Crippen molar-refractivity contribution in [2.75, 3.05) is 18.0 Å². The van der Waals surface area contributed by atoms with Crippen molar-refractivity contribution in [2.45, 2.75) is 52.2 Å². The molecule has 3 aromatic rings. The summed E-state index contributed by atoms with van der Waals surface area (Å²) in [7, 11) is 0. The molecule has 0 unspecified atom stereocenters. The van der Waals surface area contributed by atoms with Crippen LogP contribution in [0.5, 0.6) is 5.75 Å². The van der Waals surface area contributed by atoms with E-state index < -0.39 is 5.60 Å². The van der Waals surface area contributed by atoms with Gasteiger partial charge in [-0.15, -0.1) is 0 Å². The number of aliphatic hydroxyl groups is 1. The number of hydrogen-bond acceptors (Lipinski definition) is 6. The zero-order valence-electron chi connectivity index (χ0n) is 20.7. The van der Waals surface area contributed by atoms with E-state index in [-0.39, 0.29) is 11.9 Å². The number of aromatic nitrogens is 1. The summed E-state index contributed by atoms with van der Waals surface area (Å²) in [6.45, 7) is 8.63. The van der Waals surface area contributed by atoms with Crippen LogP contribution in [0.25, 0.3) is 17.0 Å². The molecule has 0 radical (unpaired) electrons. The molecule has 0 amide bonds. The van der Waals surface area contributed by atoms with Gasteiger partial charge in [-0.1, -0.05) is 24.3 Å². The number of carbonyl (C=O) groups excluding carboxylic acids is 2. The number of fused-ring (bicyclic) bond motifs is 1. The minimum atomic E-state index is -0.910. The van der Waals surface area contributed by atoms with Gasteiger partial charge in [0.2, 0.25) is 0 Å². The molecule has 6 heteroatoms. The number of benzene rings is 2. The molecule has 6 nitrogen and oxygen atoms in total. The van der Waals surface area contributed by atoms with Crippen molar-refractivity contribution in [1.29, 1.82) is 0 Å². The number of anilines is 1. The Morgan fingerprint density at radius 2 is 1.77 bits per heavy atom. The second-order valence-corrected chi connectivity index (χ2v) is 9.78. The van der Waals surface area contributed by atoms with Crippen LogP contribution in [0.15, 0.2) is 48.5 Å². The molecule has 2 aromatic carbocycles. The van der Waals surface area contributed by atoms with Crippen molar-refractivity contribution < 1.29 is 19.4 Å². The average molecular weight is 473 g/mol. The summed E-state index contributed by atoms with van der Waals surface area (Å²) >= 11 is 0. The molecule has 1 aliphatic heterocycles. The SMILES string of the molecule is Cc1cc(/C=C/C(=O)c2cc3ccccc3nc2N2CCC(O)CC2)cc(C)c1OC(C)(C)C=O. The smallest absolute Gasteiger partial charge is 0.189 e. The van der Waals surface area contributed by atoms with E-state index in [9.17, 15) is 14.7 Å². The molecule has 0 saturated carbocycles. The van der Waals surface area contributed by atoms with Crippen molar-refractivity contribution in [1.82, 2.24) is 4.98 Å². The first kappa shape index (κ1) is 24.6. The molecule has 1 aromatic heterocycles. The Kier molecular flexibility index (Phi) is 7.03. The van der Waals surface area contributed by atoms with Gasteiger partial charge in [-0.05, 0) is 87.6 Å². The molecule has 182 valence electrons. The van der Waals surface area contributed by atoms with E-state index in [1.54, 1.807) is 26.0 Å². The highest BCUT2D eigenvalue weighted by atomic mass is 16.5. The molecule has 1 fully saturated rings. The number of ether oxygens (including phenoxy) is 1. The predicted octanol–water partition coefficient (Wildman–Crippen LogP) is 5.07. The molecule has 4 rings (SSSR count). The minimum absolute atomic E-state index is 0.123. The summed E-state index contributed by atoms with van der Waals surface area (Å²) in [6.07, 6.45) is 5.18. The fraction of sp³-hybridized carbons (Fsp3) is 0.345. The van der Waals surface area contributed by atoms with Gasteiger partial charge in [0.1, 0.15) is 11.6 Å². The second kappa shape index (κ2) is 10.0. The molecule has 1 saturated heterocycles. The number of carbonyl (C=O) groups is 2. The van der Waals surface area contributed by atoms with Gasteiger partial charge in [0.15, 0.2) is 17.7 Å². The van der Waals surface area contributed by atoms with Crippen molar-refractivity contribution >= 4 is 34.9 Å². The van der Waals surface area contributed by atoms with Gasteiger partial charge >= 0.3 is 0 Å². The quantitative estimate of drug-likeness (QED) is 0.294. The van der Waals surface area contributed by atoms with Crippen LogP contribution in [0.2, 0.25) is 0 Å². The first-order chi connectivity index (χ1) is 16.7. The summed E-state index contributed by atoms with van der Waals surface area (Å²) in [5.41, 5.74) is 3.15. The molecule has 1 N–H and O–H groups in total. The highest BCUT2D eigenvalue weighted by Crippen LogP contribution is 2.30. The Labute approximate surface area is 206 Å². The number of para-hydroxylation sites is 1. The number of rotatable bonds is 7. The third-order valence-electron chi connectivity index (χ3n) is 6.29. The number of allylic oxidation sites excluding steroid dienone is 1. The number of aryl methyl sites for hydroxylation is 2. The van der Waals surface area contributed by atoms with Gasteiger partial charge in [0.05, 0.1) is 17.2 Å². The number of hydrogen-bond donors (Lipinski definition) is 1. The summed E-state index contributed by atoms with van der Waals surface area (Å²) in [6, 6.07) is 13.6. The predicted molar refractivity (Wildman–Crippen MR) is 139 cm³/mol. The molecular weight excluding hydrogens is 440 g/mol. The van der Waals surface area contributed by atoms with E-state index in [0.717, 1.165) is 33.9 Å². The van der Waals surface area contributed by atoms with Crippen LogP contribution in [-0.4, -0.2) is 47.0 Å². The van der Waals surface area contributed by atoms with Crippen molar-refractivity contribution in [2.24, 2.45) is 0 Å². The number of aliphatic hydroxyl groups excluding tert-OH is 1. The van der Waals surface area contributed by atoms with Crippen LogP contribution in [0.4, 0.5) is 5.82 Å². The Balaban J connectivity index is 1.65. The highest BCUT2D eigenvalue weighted by molar-refractivity contribution is 6.11. The minimum Gasteiger partial charge on any atom is -0.480 e. The maximum atomic E-state index is 13.4. The number of piperidine rings is 1. The van der Waals surface area contributed by atoms with Crippen molar-refractivity contribution in [3.8, 4) is 5.75 Å². The van der Waals surface area contributed by atoms with Gasteiger partial charge in [0.25, 0.3) is 0 Å². The van der Waals surface area contributed by atoms with Gasteiger partial charge < -0.3 is 14.7 Å². The average Bonchev–Trinajstić information content (AvgIpc) is 2.84. The van der Waals surface area contributed by atoms with Gasteiger partial charge in [0, 0.05) is 18.5 Å². The number of nitrogens with zero attached hydrogens (tertiary/aromatic N) is 2. The molecule has 0 spiro atoms. The van der Waals surface area contributed by atoms with Crippen LogP contribution in [0.1, 0.15) is 53.7 Å². The fourth-order valence-corrected chi connectivity index (χ4v) is 4.40. The summed E-state index contributed by atoms with van der Waals surface area (Å²) in [5.74, 6) is 1.22. The lowest BCUT2D eigenvalue weighted by molar-refractivity contribution is -0.119. The zero-order chi connectivity index (χ0) is 25.2. The maximum absolute atomic E-state index is 13.4. The lowest BCUT2D eigenvalue weighted by atomic mass is 10.0. The van der Waals surface area contributed by atoms with Crippen LogP contribution in [-0.2, 0) is 4.79 Å². The summed E-state index contributed by atoms with van der Waals surface area (Å²) < 4.78 is 5.90. The molecule has 35 heavy (non-hydrogen) atoms. The third-order valence-corrected chi connectivity index (χ3v) is 6.29. The lowest BCUT2D eigenvalue weighted by Crippen LogP contribution is -2.37. The van der Waals surface area contributed by atoms with Gasteiger partial charge in [-0.2, -0.15) is 0 Å². The summed E-state index contributed by atoms with van der Waals surface area (Å²) in [4.78, 5) is 31.6. The second-order valence-electron chi connectivity index (χ2n) is 9.78. The molecule has 0 atom stereocenters. The van der Waals surface area contributed by atoms with E-state index in [1.807, 2.05) is 56.3 Å². The summed E-state index contributed by atoms with van der Waals surface area (Å²) in [5, 5.41) is 10.8. The Bertz CT molecular complexity index is 1260. The normalized spacial score (nSPS) is 15.1. The van der Waals surface area contributed by atoms with Crippen molar-refractivity contribution in [3.63, 3.8) is 0 Å². The number of pyridine rings is 1. The van der Waals surface area contributed by atoms with Crippen LogP contribution in [0.3, 0.4) is 0 Å². The first-order valence-electron chi connectivity index (χ1n) is 12.0. The van der Waals surface area contributed by atoms with Gasteiger partial charge in [-0.25, -0.2) is 4.98 Å². The number of ketones is 1. The largest absolute Gasteiger partial charge is 0.480 e. The monoisotopic (exact) mass is 472 g/mol. The van der Waals surface area contributed by atoms with E-state index in [4.69, 9.17) is 9.72 Å². The first-order valence-corrected chi connectivity index (χ1v) is 12.0. The molecule has 0 aliphatic carbocycles. The lowest BCUT2D eigenvalue weighted by Gasteiger charge is -2.31. The molecular formula is C29H32N2O4. The van der Waals surface area contributed by atoms with E-state index in [2.05, 4.69) is 4.90 Å². The molecule has 1 aliphatic rings. The van der Waals surface area contributed by atoms with E-state index in [0.29, 0.717) is 43.1 Å². The van der Waals surface area contributed by atoms with Gasteiger partial charge in [-0.3, -0.25) is 9.59 Å². The molecule has 2 heterocycles. The van der Waals surface area contributed by atoms with Crippen LogP contribution >= 0.6 is 0 Å².